The maximum absolute atomic E-state index is 11.7. The lowest BCUT2D eigenvalue weighted by molar-refractivity contribution is 0.0953. The van der Waals surface area contributed by atoms with Crippen LogP contribution in [0.15, 0.2) is 30.3 Å². The topological polar surface area (TPSA) is 29.1 Å². The summed E-state index contributed by atoms with van der Waals surface area (Å²) in [6.07, 6.45) is 10.4. The van der Waals surface area contributed by atoms with Crippen LogP contribution in [0.2, 0.25) is 0 Å². The third kappa shape index (κ3) is 7.66. The molecule has 0 unspecified atom stereocenters. The van der Waals surface area contributed by atoms with Crippen molar-refractivity contribution in [3.63, 3.8) is 0 Å². The Morgan fingerprint density at radius 2 is 1.47 bits per heavy atom. The average Bonchev–Trinajstić information content (AvgIpc) is 2.46. The van der Waals surface area contributed by atoms with Gasteiger partial charge in [-0.1, -0.05) is 70.1 Å². The molecule has 1 aromatic carbocycles. The third-order valence-electron chi connectivity index (χ3n) is 3.35. The molecule has 0 aliphatic rings. The largest absolute Gasteiger partial charge is 0.352 e. The fraction of sp³-hybridized carbons (Fsp3) is 0.588. The van der Waals surface area contributed by atoms with Gasteiger partial charge in [-0.05, 0) is 18.6 Å². The zero-order valence-corrected chi connectivity index (χ0v) is 12.2. The molecule has 0 radical (unpaired) electrons. The van der Waals surface area contributed by atoms with Gasteiger partial charge >= 0.3 is 0 Å². The minimum atomic E-state index is 0.0449. The first-order valence-corrected chi connectivity index (χ1v) is 7.68. The molecule has 0 atom stereocenters. The Labute approximate surface area is 117 Å². The second-order valence-electron chi connectivity index (χ2n) is 5.10. The molecular formula is C17H27NO. The first-order valence-electron chi connectivity index (χ1n) is 7.68. The number of unbranched alkanes of at least 4 members (excludes halogenated alkanes) is 7. The molecule has 2 nitrogen and oxygen atoms in total. The molecule has 0 aromatic heterocycles. The molecule has 0 aliphatic carbocycles. The van der Waals surface area contributed by atoms with E-state index in [0.29, 0.717) is 0 Å². The van der Waals surface area contributed by atoms with Gasteiger partial charge in [0.25, 0.3) is 5.91 Å². The number of nitrogens with one attached hydrogen (secondary N) is 1. The van der Waals surface area contributed by atoms with Crippen LogP contribution < -0.4 is 5.32 Å². The highest BCUT2D eigenvalue weighted by atomic mass is 16.1. The number of hydrogen-bond acceptors (Lipinski definition) is 1. The van der Waals surface area contributed by atoms with Crippen molar-refractivity contribution in [3.05, 3.63) is 35.9 Å². The first kappa shape index (κ1) is 15.7. The summed E-state index contributed by atoms with van der Waals surface area (Å²) < 4.78 is 0. The van der Waals surface area contributed by atoms with Crippen molar-refractivity contribution in [2.75, 3.05) is 6.54 Å². The van der Waals surface area contributed by atoms with Crippen LogP contribution in [0.5, 0.6) is 0 Å². The molecule has 0 aliphatic heterocycles. The Kier molecular flexibility index (Phi) is 8.78. The van der Waals surface area contributed by atoms with Crippen molar-refractivity contribution in [1.29, 1.82) is 0 Å². The van der Waals surface area contributed by atoms with E-state index in [9.17, 15) is 4.79 Å². The highest BCUT2D eigenvalue weighted by molar-refractivity contribution is 5.94. The fourth-order valence-corrected chi connectivity index (χ4v) is 2.15. The lowest BCUT2D eigenvalue weighted by Gasteiger charge is -2.05. The number of benzene rings is 1. The lowest BCUT2D eigenvalue weighted by Crippen LogP contribution is -2.24. The Hall–Kier alpha value is -1.31. The number of carbonyl (C=O) groups excluding carboxylic acids is 1. The Bertz CT molecular complexity index is 334. The number of carbonyl (C=O) groups is 1. The smallest absolute Gasteiger partial charge is 0.251 e. The summed E-state index contributed by atoms with van der Waals surface area (Å²) in [6, 6.07) is 9.41. The van der Waals surface area contributed by atoms with Gasteiger partial charge < -0.3 is 5.32 Å². The Morgan fingerprint density at radius 1 is 0.895 bits per heavy atom. The molecule has 1 aromatic rings. The van der Waals surface area contributed by atoms with Gasteiger partial charge in [0.1, 0.15) is 0 Å². The van der Waals surface area contributed by atoms with E-state index in [2.05, 4.69) is 12.2 Å². The van der Waals surface area contributed by atoms with Crippen molar-refractivity contribution in [3.8, 4) is 0 Å². The van der Waals surface area contributed by atoms with Crippen LogP contribution in [0.25, 0.3) is 0 Å². The molecule has 0 bridgehead atoms. The van der Waals surface area contributed by atoms with E-state index in [1.54, 1.807) is 0 Å². The minimum Gasteiger partial charge on any atom is -0.352 e. The van der Waals surface area contributed by atoms with E-state index < -0.39 is 0 Å². The van der Waals surface area contributed by atoms with Gasteiger partial charge in [-0.15, -0.1) is 0 Å². The molecule has 19 heavy (non-hydrogen) atoms. The summed E-state index contributed by atoms with van der Waals surface area (Å²) in [7, 11) is 0. The van der Waals surface area contributed by atoms with Crippen LogP contribution in [-0.4, -0.2) is 12.5 Å². The van der Waals surface area contributed by atoms with E-state index in [1.165, 1.54) is 44.9 Å². The first-order chi connectivity index (χ1) is 9.34. The van der Waals surface area contributed by atoms with Gasteiger partial charge in [-0.2, -0.15) is 0 Å². The fourth-order valence-electron chi connectivity index (χ4n) is 2.15. The van der Waals surface area contributed by atoms with E-state index in [1.807, 2.05) is 30.3 Å². The SMILES string of the molecule is CCCCCCCCCCNC(=O)c1ccccc1. The van der Waals surface area contributed by atoms with E-state index in [4.69, 9.17) is 0 Å². The molecule has 106 valence electrons. The maximum Gasteiger partial charge on any atom is 0.251 e. The van der Waals surface area contributed by atoms with Crippen molar-refractivity contribution in [2.45, 2.75) is 58.3 Å². The van der Waals surface area contributed by atoms with Gasteiger partial charge in [-0.3, -0.25) is 4.79 Å². The molecule has 0 saturated heterocycles. The zero-order valence-electron chi connectivity index (χ0n) is 12.2. The van der Waals surface area contributed by atoms with Crippen molar-refractivity contribution in [2.24, 2.45) is 0 Å². The summed E-state index contributed by atoms with van der Waals surface area (Å²) in [6.45, 7) is 3.04. The molecule has 1 amide bonds. The second-order valence-corrected chi connectivity index (χ2v) is 5.10. The quantitative estimate of drug-likeness (QED) is 0.615. The summed E-state index contributed by atoms with van der Waals surface area (Å²) in [5, 5.41) is 2.97. The summed E-state index contributed by atoms with van der Waals surface area (Å²) >= 11 is 0. The van der Waals surface area contributed by atoms with Crippen LogP contribution in [0, 0.1) is 0 Å². The van der Waals surface area contributed by atoms with Crippen LogP contribution in [0.1, 0.15) is 68.6 Å². The zero-order chi connectivity index (χ0) is 13.8. The molecule has 0 spiro atoms. The van der Waals surface area contributed by atoms with Gasteiger partial charge in [0.2, 0.25) is 0 Å². The van der Waals surface area contributed by atoms with Gasteiger partial charge in [0, 0.05) is 12.1 Å². The Morgan fingerprint density at radius 3 is 2.11 bits per heavy atom. The van der Waals surface area contributed by atoms with E-state index >= 15 is 0 Å². The molecule has 0 heterocycles. The van der Waals surface area contributed by atoms with Crippen molar-refractivity contribution in [1.82, 2.24) is 5.32 Å². The Balaban J connectivity index is 1.95. The normalized spacial score (nSPS) is 10.4. The van der Waals surface area contributed by atoms with Crippen molar-refractivity contribution >= 4 is 5.91 Å². The van der Waals surface area contributed by atoms with Crippen LogP contribution in [0.4, 0.5) is 0 Å². The summed E-state index contributed by atoms with van der Waals surface area (Å²) in [5.41, 5.74) is 0.752. The van der Waals surface area contributed by atoms with Crippen LogP contribution >= 0.6 is 0 Å². The molecule has 1 rings (SSSR count). The third-order valence-corrected chi connectivity index (χ3v) is 3.35. The van der Waals surface area contributed by atoms with Crippen LogP contribution in [0.3, 0.4) is 0 Å². The summed E-state index contributed by atoms with van der Waals surface area (Å²) in [4.78, 5) is 11.7. The van der Waals surface area contributed by atoms with Crippen molar-refractivity contribution < 1.29 is 4.79 Å². The predicted octanol–water partition coefficient (Wildman–Crippen LogP) is 4.56. The highest BCUT2D eigenvalue weighted by Crippen LogP contribution is 2.08. The number of amides is 1. The molecule has 2 heteroatoms. The van der Waals surface area contributed by atoms with Crippen LogP contribution in [-0.2, 0) is 0 Å². The second kappa shape index (κ2) is 10.6. The predicted molar refractivity (Wildman–Crippen MR) is 81.4 cm³/mol. The molecular weight excluding hydrogens is 234 g/mol. The van der Waals surface area contributed by atoms with Gasteiger partial charge in [0.05, 0.1) is 0 Å². The standard InChI is InChI=1S/C17H27NO/c1-2-3-4-5-6-7-8-12-15-18-17(19)16-13-10-9-11-14-16/h9-11,13-14H,2-8,12,15H2,1H3,(H,18,19). The minimum absolute atomic E-state index is 0.0449. The molecule has 0 saturated carbocycles. The number of rotatable bonds is 10. The molecule has 0 fully saturated rings. The highest BCUT2D eigenvalue weighted by Gasteiger charge is 2.02. The average molecular weight is 261 g/mol. The van der Waals surface area contributed by atoms with E-state index in [0.717, 1.165) is 18.5 Å². The van der Waals surface area contributed by atoms with Gasteiger partial charge in [-0.25, -0.2) is 0 Å². The maximum atomic E-state index is 11.7. The monoisotopic (exact) mass is 261 g/mol. The van der Waals surface area contributed by atoms with Gasteiger partial charge in [0.15, 0.2) is 0 Å². The molecule has 1 N–H and O–H groups in total. The van der Waals surface area contributed by atoms with E-state index in [-0.39, 0.29) is 5.91 Å². The lowest BCUT2D eigenvalue weighted by atomic mass is 10.1. The summed E-state index contributed by atoms with van der Waals surface area (Å²) in [5.74, 6) is 0.0449. The number of hydrogen-bond donors (Lipinski definition) is 1.